The second kappa shape index (κ2) is 11.8. The maximum Gasteiger partial charge on any atom is 0.320 e. The summed E-state index contributed by atoms with van der Waals surface area (Å²) in [5.41, 5.74) is 0.889. The predicted octanol–water partition coefficient (Wildman–Crippen LogP) is 1.94. The van der Waals surface area contributed by atoms with Gasteiger partial charge in [0.15, 0.2) is 9.84 Å². The molecule has 33 heavy (non-hydrogen) atoms. The van der Waals surface area contributed by atoms with Crippen LogP contribution in [-0.4, -0.2) is 112 Å². The molecule has 3 fully saturated rings. The van der Waals surface area contributed by atoms with Gasteiger partial charge < -0.3 is 14.5 Å². The molecule has 3 saturated heterocycles. The van der Waals surface area contributed by atoms with Crippen molar-refractivity contribution in [3.8, 4) is 0 Å². The molecule has 0 aliphatic carbocycles. The third-order valence-corrected chi connectivity index (χ3v) is 8.12. The van der Waals surface area contributed by atoms with E-state index in [1.165, 1.54) is 6.26 Å². The lowest BCUT2D eigenvalue weighted by atomic mass is 10.0. The number of hydrogen-bond donors (Lipinski definition) is 0. The largest absolute Gasteiger partial charge is 0.378 e. The number of amides is 2. The minimum Gasteiger partial charge on any atom is -0.378 e. The quantitative estimate of drug-likeness (QED) is 0.629. The van der Waals surface area contributed by atoms with E-state index in [0.29, 0.717) is 43.8 Å². The minimum atomic E-state index is -3.21. The van der Waals surface area contributed by atoms with Crippen LogP contribution < -0.4 is 0 Å². The van der Waals surface area contributed by atoms with Crippen LogP contribution in [0.3, 0.4) is 0 Å². The molecule has 1 aromatic rings. The van der Waals surface area contributed by atoms with Gasteiger partial charge in [-0.25, -0.2) is 13.2 Å². The Hall–Kier alpha value is -1.39. The van der Waals surface area contributed by atoms with Crippen LogP contribution >= 0.6 is 12.4 Å². The minimum absolute atomic E-state index is 0. The van der Waals surface area contributed by atoms with Crippen LogP contribution in [0, 0.1) is 0 Å². The summed E-state index contributed by atoms with van der Waals surface area (Å²) in [4.78, 5) is 22.1. The molecule has 0 atom stereocenters. The number of hydrogen-bond acceptors (Lipinski definition) is 6. The normalized spacial score (nSPS) is 22.0. The number of halogens is 1. The van der Waals surface area contributed by atoms with Gasteiger partial charge in [-0.1, -0.05) is 18.2 Å². The Morgan fingerprint density at radius 1 is 0.939 bits per heavy atom. The molecule has 2 amide bonds. The van der Waals surface area contributed by atoms with E-state index in [1.807, 2.05) is 21.9 Å². The van der Waals surface area contributed by atoms with E-state index in [0.717, 1.165) is 64.1 Å². The summed E-state index contributed by atoms with van der Waals surface area (Å²) in [5, 5.41) is 0. The number of morpholine rings is 1. The first kappa shape index (κ1) is 26.2. The highest BCUT2D eigenvalue weighted by molar-refractivity contribution is 7.90. The monoisotopic (exact) mass is 500 g/mol. The van der Waals surface area contributed by atoms with Gasteiger partial charge in [-0.3, -0.25) is 9.80 Å². The van der Waals surface area contributed by atoms with E-state index in [1.54, 1.807) is 12.1 Å². The predicted molar refractivity (Wildman–Crippen MR) is 131 cm³/mol. The van der Waals surface area contributed by atoms with Gasteiger partial charge in [-0.2, -0.15) is 0 Å². The van der Waals surface area contributed by atoms with Crippen molar-refractivity contribution in [1.29, 1.82) is 0 Å². The van der Waals surface area contributed by atoms with Crippen LogP contribution in [0.2, 0.25) is 0 Å². The van der Waals surface area contributed by atoms with Crippen molar-refractivity contribution >= 4 is 28.3 Å². The van der Waals surface area contributed by atoms with Gasteiger partial charge in [-0.15, -0.1) is 12.4 Å². The summed E-state index contributed by atoms with van der Waals surface area (Å²) in [6.45, 7) is 8.86. The molecular weight excluding hydrogens is 464 g/mol. The number of urea groups is 1. The zero-order valence-electron chi connectivity index (χ0n) is 19.5. The Balaban J connectivity index is 0.00000306. The molecule has 186 valence electrons. The molecule has 0 N–H and O–H groups in total. The second-order valence-electron chi connectivity index (χ2n) is 9.15. The fraction of sp³-hybridized carbons (Fsp3) is 0.696. The fourth-order valence-electron chi connectivity index (χ4n) is 5.13. The van der Waals surface area contributed by atoms with Crippen LogP contribution in [0.25, 0.3) is 0 Å². The highest BCUT2D eigenvalue weighted by atomic mass is 35.5. The van der Waals surface area contributed by atoms with Crippen LogP contribution in [0.4, 0.5) is 4.79 Å². The summed E-state index contributed by atoms with van der Waals surface area (Å²) >= 11 is 0. The van der Waals surface area contributed by atoms with Gasteiger partial charge in [0.25, 0.3) is 0 Å². The zero-order chi connectivity index (χ0) is 22.6. The van der Waals surface area contributed by atoms with Crippen LogP contribution in [-0.2, 0) is 21.1 Å². The van der Waals surface area contributed by atoms with Crippen LogP contribution in [0.1, 0.15) is 24.8 Å². The number of rotatable bonds is 4. The molecule has 3 aliphatic heterocycles. The third-order valence-electron chi connectivity index (χ3n) is 6.92. The van der Waals surface area contributed by atoms with E-state index < -0.39 is 9.84 Å². The topological polar surface area (TPSA) is 73.4 Å². The molecular formula is C23H37ClN4O4S. The van der Waals surface area contributed by atoms with Crippen molar-refractivity contribution < 1.29 is 17.9 Å². The fourth-order valence-corrected chi connectivity index (χ4v) is 6.06. The number of carbonyl (C=O) groups is 1. The maximum atomic E-state index is 12.8. The van der Waals surface area contributed by atoms with E-state index in [2.05, 4.69) is 9.80 Å². The molecule has 0 saturated carbocycles. The number of carbonyl (C=O) groups excluding carboxylic acids is 1. The highest BCUT2D eigenvalue weighted by Crippen LogP contribution is 2.23. The molecule has 4 rings (SSSR count). The summed E-state index contributed by atoms with van der Waals surface area (Å²) in [7, 11) is -3.21. The SMILES string of the molecule is CS(=O)(=O)c1ccccc1CN1CCC(N2CCCN(C(=O)N3CCOCC3)CC2)CC1.Cl. The van der Waals surface area contributed by atoms with Crippen LogP contribution in [0.5, 0.6) is 0 Å². The van der Waals surface area contributed by atoms with Gasteiger partial charge in [0.2, 0.25) is 0 Å². The summed E-state index contributed by atoms with van der Waals surface area (Å²) in [6.07, 6.45) is 4.46. The smallest absolute Gasteiger partial charge is 0.320 e. The summed E-state index contributed by atoms with van der Waals surface area (Å²) < 4.78 is 29.6. The van der Waals surface area contributed by atoms with E-state index in [4.69, 9.17) is 4.74 Å². The van der Waals surface area contributed by atoms with Gasteiger partial charge in [0.1, 0.15) is 0 Å². The van der Waals surface area contributed by atoms with Crippen molar-refractivity contribution in [2.75, 3.05) is 71.8 Å². The maximum absolute atomic E-state index is 12.8. The average Bonchev–Trinajstić information content (AvgIpc) is 3.06. The number of likely N-dealkylation sites (tertiary alicyclic amines) is 1. The molecule has 3 aliphatic rings. The first-order chi connectivity index (χ1) is 15.4. The van der Waals surface area contributed by atoms with Gasteiger partial charge in [-0.05, 0) is 44.0 Å². The lowest BCUT2D eigenvalue weighted by molar-refractivity contribution is 0.0432. The third kappa shape index (κ3) is 6.82. The van der Waals surface area contributed by atoms with E-state index >= 15 is 0 Å². The number of ether oxygens (including phenoxy) is 1. The zero-order valence-corrected chi connectivity index (χ0v) is 21.2. The molecule has 8 nitrogen and oxygen atoms in total. The number of piperidine rings is 1. The second-order valence-corrected chi connectivity index (χ2v) is 11.1. The van der Waals surface area contributed by atoms with E-state index in [9.17, 15) is 13.2 Å². The Bertz CT molecular complexity index is 886. The standard InChI is InChI=1S/C23H36N4O4S.ClH/c1-32(29,30)22-6-3-2-5-20(22)19-24-11-7-21(8-12-24)25-9-4-10-26(14-13-25)23(28)27-15-17-31-18-16-27;/h2-3,5-6,21H,4,7-19H2,1H3;1H. The highest BCUT2D eigenvalue weighted by Gasteiger charge is 2.29. The van der Waals surface area contributed by atoms with Gasteiger partial charge in [0, 0.05) is 58.1 Å². The Morgan fingerprint density at radius 3 is 2.30 bits per heavy atom. The van der Waals surface area contributed by atoms with Crippen molar-refractivity contribution in [3.05, 3.63) is 29.8 Å². The molecule has 1 aromatic carbocycles. The molecule has 3 heterocycles. The first-order valence-corrected chi connectivity index (χ1v) is 13.7. The Labute approximate surface area is 204 Å². The first-order valence-electron chi connectivity index (χ1n) is 11.8. The van der Waals surface area contributed by atoms with Crippen molar-refractivity contribution in [2.45, 2.75) is 36.7 Å². The molecule has 0 unspecified atom stereocenters. The summed E-state index contributed by atoms with van der Waals surface area (Å²) in [5.74, 6) is 0. The lowest BCUT2D eigenvalue weighted by Crippen LogP contribution is -2.49. The molecule has 0 spiro atoms. The van der Waals surface area contributed by atoms with E-state index in [-0.39, 0.29) is 18.4 Å². The number of nitrogens with zero attached hydrogens (tertiary/aromatic N) is 4. The Kier molecular flexibility index (Phi) is 9.41. The van der Waals surface area contributed by atoms with Gasteiger partial charge >= 0.3 is 6.03 Å². The van der Waals surface area contributed by atoms with Gasteiger partial charge in [0.05, 0.1) is 18.1 Å². The lowest BCUT2D eigenvalue weighted by Gasteiger charge is -2.38. The molecule has 10 heteroatoms. The molecule has 0 bridgehead atoms. The van der Waals surface area contributed by atoms with Crippen molar-refractivity contribution in [1.82, 2.24) is 19.6 Å². The molecule has 0 aromatic heterocycles. The van der Waals surface area contributed by atoms with Crippen LogP contribution in [0.15, 0.2) is 29.2 Å². The van der Waals surface area contributed by atoms with Crippen molar-refractivity contribution in [2.24, 2.45) is 0 Å². The number of benzene rings is 1. The summed E-state index contributed by atoms with van der Waals surface area (Å²) in [6, 6.07) is 8.04. The average molecular weight is 501 g/mol. The Morgan fingerprint density at radius 2 is 1.61 bits per heavy atom. The molecule has 0 radical (unpaired) electrons. The number of sulfone groups is 1. The van der Waals surface area contributed by atoms with Crippen molar-refractivity contribution in [3.63, 3.8) is 0 Å².